The predicted octanol–water partition coefficient (Wildman–Crippen LogP) is 3.58. The summed E-state index contributed by atoms with van der Waals surface area (Å²) in [6.07, 6.45) is -2.78. The van der Waals surface area contributed by atoms with Crippen molar-refractivity contribution in [2.24, 2.45) is 5.73 Å². The number of likely N-dealkylation sites (N-methyl/N-ethyl adjacent to an activating group) is 1. The van der Waals surface area contributed by atoms with Gasteiger partial charge in [-0.25, -0.2) is 4.39 Å². The highest BCUT2D eigenvalue weighted by Crippen LogP contribution is 2.33. The Bertz CT molecular complexity index is 432. The first kappa shape index (κ1) is 16.9. The van der Waals surface area contributed by atoms with Gasteiger partial charge in [0.15, 0.2) is 0 Å². The van der Waals surface area contributed by atoms with E-state index in [4.69, 9.17) is 5.73 Å². The first-order chi connectivity index (χ1) is 9.31. The SMILES string of the molecule is CCCCN(C)C(CN)c1ccc(F)c(C(F)(F)F)c1. The van der Waals surface area contributed by atoms with Gasteiger partial charge in [0.25, 0.3) is 0 Å². The highest BCUT2D eigenvalue weighted by molar-refractivity contribution is 5.29. The third-order valence-electron chi connectivity index (χ3n) is 3.30. The molecule has 20 heavy (non-hydrogen) atoms. The summed E-state index contributed by atoms with van der Waals surface area (Å²) >= 11 is 0. The molecule has 0 fully saturated rings. The van der Waals surface area contributed by atoms with Crippen LogP contribution >= 0.6 is 0 Å². The Kier molecular flexibility index (Phi) is 5.95. The third kappa shape index (κ3) is 4.18. The fraction of sp³-hybridized carbons (Fsp3) is 0.571. The molecule has 1 aromatic carbocycles. The van der Waals surface area contributed by atoms with Crippen LogP contribution in [0.1, 0.15) is 36.9 Å². The summed E-state index contributed by atoms with van der Waals surface area (Å²) < 4.78 is 51.4. The van der Waals surface area contributed by atoms with Crippen molar-refractivity contribution in [2.45, 2.75) is 32.0 Å². The maximum absolute atomic E-state index is 13.3. The number of rotatable bonds is 6. The van der Waals surface area contributed by atoms with Gasteiger partial charge < -0.3 is 5.73 Å². The quantitative estimate of drug-likeness (QED) is 0.812. The maximum atomic E-state index is 13.3. The lowest BCUT2D eigenvalue weighted by atomic mass is 10.0. The molecular weight excluding hydrogens is 272 g/mol. The van der Waals surface area contributed by atoms with Crippen molar-refractivity contribution >= 4 is 0 Å². The molecular formula is C14H20F4N2. The zero-order valence-corrected chi connectivity index (χ0v) is 11.7. The number of hydrogen-bond donors (Lipinski definition) is 1. The highest BCUT2D eigenvalue weighted by atomic mass is 19.4. The van der Waals surface area contributed by atoms with Crippen molar-refractivity contribution in [2.75, 3.05) is 20.1 Å². The van der Waals surface area contributed by atoms with E-state index in [1.807, 2.05) is 18.9 Å². The third-order valence-corrected chi connectivity index (χ3v) is 3.30. The van der Waals surface area contributed by atoms with Crippen LogP contribution in [-0.2, 0) is 6.18 Å². The summed E-state index contributed by atoms with van der Waals surface area (Å²) in [7, 11) is 1.81. The second kappa shape index (κ2) is 7.04. The van der Waals surface area contributed by atoms with Gasteiger partial charge >= 0.3 is 6.18 Å². The number of benzene rings is 1. The number of halogens is 4. The largest absolute Gasteiger partial charge is 0.419 e. The summed E-state index contributed by atoms with van der Waals surface area (Å²) in [4.78, 5) is 1.90. The molecule has 0 aromatic heterocycles. The van der Waals surface area contributed by atoms with Crippen molar-refractivity contribution in [1.82, 2.24) is 4.90 Å². The summed E-state index contributed by atoms with van der Waals surface area (Å²) in [5.74, 6) is -1.26. The van der Waals surface area contributed by atoms with E-state index in [9.17, 15) is 17.6 Å². The lowest BCUT2D eigenvalue weighted by Crippen LogP contribution is -2.31. The highest BCUT2D eigenvalue weighted by Gasteiger charge is 2.34. The van der Waals surface area contributed by atoms with Gasteiger partial charge in [-0.1, -0.05) is 19.4 Å². The van der Waals surface area contributed by atoms with Crippen LogP contribution in [0.15, 0.2) is 18.2 Å². The van der Waals surface area contributed by atoms with Crippen molar-refractivity contribution in [3.8, 4) is 0 Å². The monoisotopic (exact) mass is 292 g/mol. The molecule has 0 aliphatic heterocycles. The number of unbranched alkanes of at least 4 members (excludes halogenated alkanes) is 1. The van der Waals surface area contributed by atoms with Crippen molar-refractivity contribution in [1.29, 1.82) is 0 Å². The molecule has 0 aliphatic carbocycles. The molecule has 1 unspecified atom stereocenters. The molecule has 1 rings (SSSR count). The Morgan fingerprint density at radius 1 is 1.30 bits per heavy atom. The van der Waals surface area contributed by atoms with Crippen LogP contribution in [0.5, 0.6) is 0 Å². The van der Waals surface area contributed by atoms with E-state index in [1.54, 1.807) is 0 Å². The minimum Gasteiger partial charge on any atom is -0.329 e. The van der Waals surface area contributed by atoms with E-state index in [1.165, 1.54) is 6.07 Å². The van der Waals surface area contributed by atoms with Crippen LogP contribution < -0.4 is 5.73 Å². The van der Waals surface area contributed by atoms with Gasteiger partial charge in [0.05, 0.1) is 5.56 Å². The molecule has 1 atom stereocenters. The number of alkyl halides is 3. The normalized spacial score (nSPS) is 13.8. The number of nitrogens with zero attached hydrogens (tertiary/aromatic N) is 1. The maximum Gasteiger partial charge on any atom is 0.419 e. The van der Waals surface area contributed by atoms with Crippen molar-refractivity contribution in [3.05, 3.63) is 35.1 Å². The Morgan fingerprint density at radius 2 is 1.95 bits per heavy atom. The van der Waals surface area contributed by atoms with E-state index in [0.29, 0.717) is 5.56 Å². The summed E-state index contributed by atoms with van der Waals surface area (Å²) in [6, 6.07) is 2.73. The second-order valence-electron chi connectivity index (χ2n) is 4.82. The van der Waals surface area contributed by atoms with E-state index in [0.717, 1.165) is 31.5 Å². The fourth-order valence-electron chi connectivity index (χ4n) is 2.10. The molecule has 0 spiro atoms. The van der Waals surface area contributed by atoms with Crippen LogP contribution in [-0.4, -0.2) is 25.0 Å². The topological polar surface area (TPSA) is 29.3 Å². The molecule has 0 saturated heterocycles. The lowest BCUT2D eigenvalue weighted by Gasteiger charge is -2.27. The standard InChI is InChI=1S/C14H20F4N2/c1-3-4-7-20(2)13(9-19)10-5-6-12(15)11(8-10)14(16,17)18/h5-6,8,13H,3-4,7,9,19H2,1-2H3. The Morgan fingerprint density at radius 3 is 2.45 bits per heavy atom. The minimum atomic E-state index is -4.69. The van der Waals surface area contributed by atoms with Gasteiger partial charge in [-0.2, -0.15) is 13.2 Å². The Hall–Kier alpha value is -1.14. The van der Waals surface area contributed by atoms with Crippen LogP contribution in [0.2, 0.25) is 0 Å². The van der Waals surface area contributed by atoms with Gasteiger partial charge in [-0.05, 0) is 37.7 Å². The number of nitrogens with two attached hydrogens (primary N) is 1. The van der Waals surface area contributed by atoms with E-state index in [-0.39, 0.29) is 12.6 Å². The van der Waals surface area contributed by atoms with Crippen molar-refractivity contribution in [3.63, 3.8) is 0 Å². The molecule has 114 valence electrons. The zero-order chi connectivity index (χ0) is 15.3. The minimum absolute atomic E-state index is 0.184. The van der Waals surface area contributed by atoms with Gasteiger partial charge in [0.2, 0.25) is 0 Å². The molecule has 0 heterocycles. The average Bonchev–Trinajstić information content (AvgIpc) is 2.37. The second-order valence-corrected chi connectivity index (χ2v) is 4.82. The first-order valence-electron chi connectivity index (χ1n) is 6.58. The van der Waals surface area contributed by atoms with E-state index < -0.39 is 17.6 Å². The smallest absolute Gasteiger partial charge is 0.329 e. The first-order valence-corrected chi connectivity index (χ1v) is 6.58. The predicted molar refractivity (Wildman–Crippen MR) is 70.7 cm³/mol. The van der Waals surface area contributed by atoms with E-state index in [2.05, 4.69) is 0 Å². The summed E-state index contributed by atoms with van der Waals surface area (Å²) in [5.41, 5.74) is 4.81. The van der Waals surface area contributed by atoms with Crippen molar-refractivity contribution < 1.29 is 17.6 Å². The molecule has 0 aliphatic rings. The summed E-state index contributed by atoms with van der Waals surface area (Å²) in [5, 5.41) is 0. The summed E-state index contributed by atoms with van der Waals surface area (Å²) in [6.45, 7) is 2.95. The Balaban J connectivity index is 3.04. The van der Waals surface area contributed by atoms with Crippen LogP contribution in [0, 0.1) is 5.82 Å². The molecule has 6 heteroatoms. The van der Waals surface area contributed by atoms with Crippen LogP contribution in [0.4, 0.5) is 17.6 Å². The molecule has 0 amide bonds. The molecule has 1 aromatic rings. The van der Waals surface area contributed by atoms with Gasteiger partial charge in [0, 0.05) is 12.6 Å². The lowest BCUT2D eigenvalue weighted by molar-refractivity contribution is -0.140. The average molecular weight is 292 g/mol. The van der Waals surface area contributed by atoms with Gasteiger partial charge in [0.1, 0.15) is 5.82 Å². The number of hydrogen-bond acceptors (Lipinski definition) is 2. The van der Waals surface area contributed by atoms with Gasteiger partial charge in [-0.3, -0.25) is 4.90 Å². The molecule has 0 radical (unpaired) electrons. The Labute approximate surface area is 116 Å². The van der Waals surface area contributed by atoms with Crippen LogP contribution in [0.25, 0.3) is 0 Å². The molecule has 2 N–H and O–H groups in total. The molecule has 2 nitrogen and oxygen atoms in total. The van der Waals surface area contributed by atoms with Crippen LogP contribution in [0.3, 0.4) is 0 Å². The zero-order valence-electron chi connectivity index (χ0n) is 11.7. The molecule has 0 saturated carbocycles. The molecule has 0 bridgehead atoms. The fourth-order valence-corrected chi connectivity index (χ4v) is 2.10. The van der Waals surface area contributed by atoms with Gasteiger partial charge in [-0.15, -0.1) is 0 Å². The van der Waals surface area contributed by atoms with E-state index >= 15 is 0 Å².